The van der Waals surface area contributed by atoms with Crippen molar-refractivity contribution < 1.29 is 4.79 Å². The molecule has 1 aromatic carbocycles. The summed E-state index contributed by atoms with van der Waals surface area (Å²) in [5.41, 5.74) is 1.16. The molecular formula is C16H15N3OS3. The maximum atomic E-state index is 12.0. The maximum absolute atomic E-state index is 12.0. The summed E-state index contributed by atoms with van der Waals surface area (Å²) in [4.78, 5) is 13.3. The molecule has 3 aromatic rings. The molecule has 3 rings (SSSR count). The number of nitrogens with one attached hydrogen (secondary N) is 1. The quantitative estimate of drug-likeness (QED) is 0.498. The fourth-order valence-corrected chi connectivity index (χ4v) is 4.47. The van der Waals surface area contributed by atoms with E-state index in [9.17, 15) is 4.79 Å². The van der Waals surface area contributed by atoms with Gasteiger partial charge in [-0.15, -0.1) is 21.5 Å². The lowest BCUT2D eigenvalue weighted by molar-refractivity contribution is -0.116. The Hall–Kier alpha value is -1.70. The number of hydrogen-bond donors (Lipinski definition) is 1. The predicted molar refractivity (Wildman–Crippen MR) is 97.2 cm³/mol. The third-order valence-corrected chi connectivity index (χ3v) is 6.13. The van der Waals surface area contributed by atoms with E-state index >= 15 is 0 Å². The van der Waals surface area contributed by atoms with Gasteiger partial charge in [-0.25, -0.2) is 0 Å². The number of thioether (sulfide) groups is 1. The standard InChI is InChI=1S/C16H15N3OS3/c20-14(9-8-12-5-2-1-3-6-12)17-15-18-19-16(23-15)22-11-13-7-4-10-21-13/h1-7,10H,8-9,11H2,(H,17,18,20). The predicted octanol–water partition coefficient (Wildman–Crippen LogP) is 4.46. The molecule has 7 heteroatoms. The van der Waals surface area contributed by atoms with Gasteiger partial charge >= 0.3 is 0 Å². The lowest BCUT2D eigenvalue weighted by atomic mass is 10.1. The van der Waals surface area contributed by atoms with E-state index < -0.39 is 0 Å². The fraction of sp³-hybridized carbons (Fsp3) is 0.188. The van der Waals surface area contributed by atoms with E-state index in [1.54, 1.807) is 23.1 Å². The number of anilines is 1. The largest absolute Gasteiger partial charge is 0.300 e. The highest BCUT2D eigenvalue weighted by Gasteiger charge is 2.09. The first-order valence-corrected chi connectivity index (χ1v) is 9.80. The zero-order valence-corrected chi connectivity index (χ0v) is 14.7. The second kappa shape index (κ2) is 8.24. The summed E-state index contributed by atoms with van der Waals surface area (Å²) in [5, 5.41) is 13.6. The number of hydrogen-bond acceptors (Lipinski definition) is 6. The van der Waals surface area contributed by atoms with E-state index in [4.69, 9.17) is 0 Å². The summed E-state index contributed by atoms with van der Waals surface area (Å²) < 4.78 is 0.872. The highest BCUT2D eigenvalue weighted by Crippen LogP contribution is 2.29. The average Bonchev–Trinajstić information content (AvgIpc) is 3.23. The smallest absolute Gasteiger partial charge is 0.226 e. The molecule has 0 radical (unpaired) electrons. The van der Waals surface area contributed by atoms with E-state index in [-0.39, 0.29) is 5.91 Å². The lowest BCUT2D eigenvalue weighted by Crippen LogP contribution is -2.12. The van der Waals surface area contributed by atoms with Crippen LogP contribution in [-0.2, 0) is 17.0 Å². The Labute approximate surface area is 147 Å². The first-order valence-electron chi connectivity index (χ1n) is 7.12. The Morgan fingerprint density at radius 1 is 1.13 bits per heavy atom. The Bertz CT molecular complexity index is 741. The number of benzene rings is 1. The molecule has 0 aliphatic rings. The van der Waals surface area contributed by atoms with Gasteiger partial charge in [-0.3, -0.25) is 4.79 Å². The van der Waals surface area contributed by atoms with Crippen molar-refractivity contribution in [3.05, 3.63) is 58.3 Å². The number of amides is 1. The summed E-state index contributed by atoms with van der Waals surface area (Å²) in [7, 11) is 0. The number of aromatic nitrogens is 2. The molecular weight excluding hydrogens is 346 g/mol. The van der Waals surface area contributed by atoms with Crippen LogP contribution in [0.3, 0.4) is 0 Å². The number of aryl methyl sites for hydroxylation is 1. The van der Waals surface area contributed by atoms with Gasteiger partial charge in [-0.2, -0.15) is 0 Å². The molecule has 0 unspecified atom stereocenters. The number of carbonyl (C=O) groups is 1. The van der Waals surface area contributed by atoms with Crippen LogP contribution in [0.2, 0.25) is 0 Å². The Kier molecular flexibility index (Phi) is 5.79. The molecule has 1 N–H and O–H groups in total. The minimum atomic E-state index is -0.0280. The van der Waals surface area contributed by atoms with Crippen molar-refractivity contribution in [2.45, 2.75) is 22.9 Å². The molecule has 0 bridgehead atoms. The molecule has 0 saturated heterocycles. The van der Waals surface area contributed by atoms with Crippen LogP contribution >= 0.6 is 34.4 Å². The van der Waals surface area contributed by atoms with Crippen molar-refractivity contribution >= 4 is 45.5 Å². The van der Waals surface area contributed by atoms with Gasteiger partial charge in [0.05, 0.1) is 0 Å². The SMILES string of the molecule is O=C(CCc1ccccc1)Nc1nnc(SCc2cccs2)s1. The summed E-state index contributed by atoms with van der Waals surface area (Å²) in [6.45, 7) is 0. The topological polar surface area (TPSA) is 54.9 Å². The van der Waals surface area contributed by atoms with Gasteiger partial charge in [0.25, 0.3) is 0 Å². The van der Waals surface area contributed by atoms with Gasteiger partial charge in [0.2, 0.25) is 11.0 Å². The van der Waals surface area contributed by atoms with Crippen LogP contribution in [0.5, 0.6) is 0 Å². The van der Waals surface area contributed by atoms with Gasteiger partial charge in [-0.05, 0) is 23.4 Å². The second-order valence-corrected chi connectivity index (χ2v) is 8.01. The fourth-order valence-electron chi connectivity index (χ4n) is 1.93. The van der Waals surface area contributed by atoms with Crippen LogP contribution in [0.25, 0.3) is 0 Å². The van der Waals surface area contributed by atoms with E-state index in [0.717, 1.165) is 22.1 Å². The number of thiophene rings is 1. The Balaban J connectivity index is 1.45. The van der Waals surface area contributed by atoms with Gasteiger partial charge in [-0.1, -0.05) is 59.5 Å². The van der Waals surface area contributed by atoms with E-state index in [0.29, 0.717) is 11.6 Å². The van der Waals surface area contributed by atoms with Crippen LogP contribution in [-0.4, -0.2) is 16.1 Å². The molecule has 2 heterocycles. The van der Waals surface area contributed by atoms with Crippen molar-refractivity contribution in [1.82, 2.24) is 10.2 Å². The maximum Gasteiger partial charge on any atom is 0.226 e. The molecule has 23 heavy (non-hydrogen) atoms. The highest BCUT2D eigenvalue weighted by molar-refractivity contribution is 8.00. The van der Waals surface area contributed by atoms with Crippen LogP contribution in [0, 0.1) is 0 Å². The molecule has 4 nitrogen and oxygen atoms in total. The normalized spacial score (nSPS) is 10.6. The van der Waals surface area contributed by atoms with Crippen molar-refractivity contribution in [3.8, 4) is 0 Å². The first kappa shape index (κ1) is 16.2. The van der Waals surface area contributed by atoms with Crippen LogP contribution in [0.1, 0.15) is 16.9 Å². The number of rotatable bonds is 7. The third-order valence-electron chi connectivity index (χ3n) is 3.05. The monoisotopic (exact) mass is 361 g/mol. The van der Waals surface area contributed by atoms with Gasteiger partial charge in [0, 0.05) is 17.1 Å². The minimum Gasteiger partial charge on any atom is -0.300 e. The molecule has 0 aliphatic carbocycles. The molecule has 1 amide bonds. The van der Waals surface area contributed by atoms with Crippen molar-refractivity contribution in [3.63, 3.8) is 0 Å². The number of nitrogens with zero attached hydrogens (tertiary/aromatic N) is 2. The van der Waals surface area contributed by atoms with Gasteiger partial charge in [0.15, 0.2) is 4.34 Å². The highest BCUT2D eigenvalue weighted by atomic mass is 32.2. The van der Waals surface area contributed by atoms with Gasteiger partial charge in [0.1, 0.15) is 0 Å². The van der Waals surface area contributed by atoms with Crippen LogP contribution in [0.15, 0.2) is 52.2 Å². The van der Waals surface area contributed by atoms with E-state index in [1.165, 1.54) is 16.2 Å². The van der Waals surface area contributed by atoms with E-state index in [1.807, 2.05) is 36.4 Å². The first-order chi connectivity index (χ1) is 11.3. The minimum absolute atomic E-state index is 0.0280. The van der Waals surface area contributed by atoms with Crippen LogP contribution in [0.4, 0.5) is 5.13 Å². The Morgan fingerprint density at radius 3 is 2.78 bits per heavy atom. The second-order valence-electron chi connectivity index (χ2n) is 4.77. The molecule has 0 atom stereocenters. The molecule has 0 fully saturated rings. The molecule has 0 aliphatic heterocycles. The van der Waals surface area contributed by atoms with Gasteiger partial charge < -0.3 is 5.32 Å². The summed E-state index contributed by atoms with van der Waals surface area (Å²) in [5.74, 6) is 0.855. The van der Waals surface area contributed by atoms with Crippen LogP contribution < -0.4 is 5.32 Å². The summed E-state index contributed by atoms with van der Waals surface area (Å²) >= 11 is 4.79. The third kappa shape index (κ3) is 5.16. The molecule has 0 saturated carbocycles. The summed E-state index contributed by atoms with van der Waals surface area (Å²) in [6.07, 6.45) is 1.17. The zero-order valence-electron chi connectivity index (χ0n) is 12.3. The average molecular weight is 362 g/mol. The molecule has 118 valence electrons. The van der Waals surface area contributed by atoms with Crippen molar-refractivity contribution in [2.75, 3.05) is 5.32 Å². The van der Waals surface area contributed by atoms with E-state index in [2.05, 4.69) is 27.0 Å². The number of carbonyl (C=O) groups excluding carboxylic acids is 1. The lowest BCUT2D eigenvalue weighted by Gasteiger charge is -2.01. The van der Waals surface area contributed by atoms with Crippen molar-refractivity contribution in [2.24, 2.45) is 0 Å². The Morgan fingerprint density at radius 2 is 2.00 bits per heavy atom. The summed E-state index contributed by atoms with van der Waals surface area (Å²) in [6, 6.07) is 14.1. The van der Waals surface area contributed by atoms with Crippen molar-refractivity contribution in [1.29, 1.82) is 0 Å². The zero-order chi connectivity index (χ0) is 15.9. The molecule has 2 aromatic heterocycles. The molecule has 0 spiro atoms.